The summed E-state index contributed by atoms with van der Waals surface area (Å²) in [4.78, 5) is 2.64. The summed E-state index contributed by atoms with van der Waals surface area (Å²) in [7, 11) is 0. The molecule has 0 amide bonds. The van der Waals surface area contributed by atoms with Crippen molar-refractivity contribution in [2.75, 3.05) is 19.6 Å². The summed E-state index contributed by atoms with van der Waals surface area (Å²) in [5.74, 6) is 0.902. The number of hydrogen-bond donors (Lipinski definition) is 1. The molecule has 1 fully saturated rings. The Hall–Kier alpha value is -0.860. The number of nitrogens with zero attached hydrogens (tertiary/aromatic N) is 1. The minimum atomic E-state index is 0.526. The summed E-state index contributed by atoms with van der Waals surface area (Å²) in [6.45, 7) is 5.56. The SMILES string of the molecule is CCCC1CCN(C(CCN)c2ccccc2)C1. The maximum absolute atomic E-state index is 5.80. The van der Waals surface area contributed by atoms with Crippen molar-refractivity contribution in [1.29, 1.82) is 0 Å². The molecule has 2 atom stereocenters. The number of likely N-dealkylation sites (tertiary alicyclic amines) is 1. The molecule has 1 heterocycles. The van der Waals surface area contributed by atoms with Gasteiger partial charge in [0.1, 0.15) is 0 Å². The second-order valence-electron chi connectivity index (χ2n) is 5.44. The molecule has 0 saturated carbocycles. The number of rotatable bonds is 6. The van der Waals surface area contributed by atoms with Gasteiger partial charge in [-0.1, -0.05) is 43.7 Å². The van der Waals surface area contributed by atoms with Crippen LogP contribution in [0.5, 0.6) is 0 Å². The van der Waals surface area contributed by atoms with Crippen molar-refractivity contribution < 1.29 is 0 Å². The Morgan fingerprint density at radius 3 is 2.78 bits per heavy atom. The van der Waals surface area contributed by atoms with Crippen LogP contribution in [0.2, 0.25) is 0 Å². The van der Waals surface area contributed by atoms with E-state index in [1.165, 1.54) is 37.9 Å². The first-order valence-corrected chi connectivity index (χ1v) is 7.34. The predicted octanol–water partition coefficient (Wildman–Crippen LogP) is 3.20. The van der Waals surface area contributed by atoms with Crippen molar-refractivity contribution in [3.8, 4) is 0 Å². The van der Waals surface area contributed by atoms with Gasteiger partial charge in [-0.3, -0.25) is 4.90 Å². The van der Waals surface area contributed by atoms with Crippen molar-refractivity contribution in [2.45, 2.75) is 38.6 Å². The molecule has 18 heavy (non-hydrogen) atoms. The van der Waals surface area contributed by atoms with E-state index in [4.69, 9.17) is 5.73 Å². The smallest absolute Gasteiger partial charge is 0.0360 e. The number of hydrogen-bond acceptors (Lipinski definition) is 2. The molecule has 1 saturated heterocycles. The molecule has 0 spiro atoms. The molecule has 2 nitrogen and oxygen atoms in total. The molecule has 2 N–H and O–H groups in total. The van der Waals surface area contributed by atoms with Gasteiger partial charge < -0.3 is 5.73 Å². The Morgan fingerprint density at radius 1 is 1.33 bits per heavy atom. The van der Waals surface area contributed by atoms with E-state index < -0.39 is 0 Å². The quantitative estimate of drug-likeness (QED) is 0.835. The maximum Gasteiger partial charge on any atom is 0.0360 e. The molecule has 2 unspecified atom stereocenters. The topological polar surface area (TPSA) is 29.3 Å². The van der Waals surface area contributed by atoms with Gasteiger partial charge in [0.25, 0.3) is 0 Å². The van der Waals surface area contributed by atoms with E-state index in [2.05, 4.69) is 42.2 Å². The van der Waals surface area contributed by atoms with Crippen molar-refractivity contribution in [3.63, 3.8) is 0 Å². The van der Waals surface area contributed by atoms with Crippen LogP contribution >= 0.6 is 0 Å². The zero-order valence-electron chi connectivity index (χ0n) is 11.5. The van der Waals surface area contributed by atoms with E-state index in [0.29, 0.717) is 6.04 Å². The third-order valence-corrected chi connectivity index (χ3v) is 4.08. The fraction of sp³-hybridized carbons (Fsp3) is 0.625. The number of nitrogens with two attached hydrogens (primary N) is 1. The minimum Gasteiger partial charge on any atom is -0.330 e. The predicted molar refractivity (Wildman–Crippen MR) is 77.4 cm³/mol. The standard InChI is InChI=1S/C16H26N2/c1-2-6-14-10-12-18(13-14)16(9-11-17)15-7-4-3-5-8-15/h3-5,7-8,14,16H,2,6,9-13,17H2,1H3. The van der Waals surface area contributed by atoms with Gasteiger partial charge in [0.15, 0.2) is 0 Å². The van der Waals surface area contributed by atoms with Gasteiger partial charge in [0.05, 0.1) is 0 Å². The fourth-order valence-electron chi connectivity index (χ4n) is 3.18. The Bertz CT molecular complexity index is 336. The van der Waals surface area contributed by atoms with Gasteiger partial charge in [0.2, 0.25) is 0 Å². The van der Waals surface area contributed by atoms with Crippen LogP contribution in [0.1, 0.15) is 44.2 Å². The van der Waals surface area contributed by atoms with Crippen LogP contribution in [0.4, 0.5) is 0 Å². The first-order valence-electron chi connectivity index (χ1n) is 7.34. The lowest BCUT2D eigenvalue weighted by Crippen LogP contribution is -2.28. The van der Waals surface area contributed by atoms with E-state index in [9.17, 15) is 0 Å². The lowest BCUT2D eigenvalue weighted by molar-refractivity contribution is 0.225. The van der Waals surface area contributed by atoms with Crippen molar-refractivity contribution in [2.24, 2.45) is 11.7 Å². The molecule has 2 rings (SSSR count). The van der Waals surface area contributed by atoms with E-state index in [1.54, 1.807) is 0 Å². The summed E-state index contributed by atoms with van der Waals surface area (Å²) in [5.41, 5.74) is 7.23. The lowest BCUT2D eigenvalue weighted by atomic mass is 10.0. The Balaban J connectivity index is 2.03. The molecule has 1 aromatic carbocycles. The molecule has 0 bridgehead atoms. The number of benzene rings is 1. The van der Waals surface area contributed by atoms with Crippen molar-refractivity contribution in [3.05, 3.63) is 35.9 Å². The highest BCUT2D eigenvalue weighted by Gasteiger charge is 2.27. The molecular formula is C16H26N2. The molecule has 1 aliphatic rings. The third-order valence-electron chi connectivity index (χ3n) is 4.08. The molecule has 1 aliphatic heterocycles. The summed E-state index contributed by atoms with van der Waals surface area (Å²) in [6.07, 6.45) is 5.12. The van der Waals surface area contributed by atoms with E-state index in [-0.39, 0.29) is 0 Å². The van der Waals surface area contributed by atoms with Gasteiger partial charge in [-0.25, -0.2) is 0 Å². The van der Waals surface area contributed by atoms with Crippen LogP contribution < -0.4 is 5.73 Å². The summed E-state index contributed by atoms with van der Waals surface area (Å²) < 4.78 is 0. The van der Waals surface area contributed by atoms with Crippen LogP contribution in [0.3, 0.4) is 0 Å². The zero-order chi connectivity index (χ0) is 12.8. The molecule has 2 heteroatoms. The molecule has 0 aliphatic carbocycles. The molecule has 0 radical (unpaired) electrons. The van der Waals surface area contributed by atoms with Gasteiger partial charge in [-0.2, -0.15) is 0 Å². The largest absolute Gasteiger partial charge is 0.330 e. The van der Waals surface area contributed by atoms with Gasteiger partial charge in [-0.15, -0.1) is 0 Å². The average Bonchev–Trinajstić information content (AvgIpc) is 2.86. The van der Waals surface area contributed by atoms with E-state index >= 15 is 0 Å². The second-order valence-corrected chi connectivity index (χ2v) is 5.44. The summed E-state index contributed by atoms with van der Waals surface area (Å²) in [5, 5.41) is 0. The minimum absolute atomic E-state index is 0.526. The van der Waals surface area contributed by atoms with Gasteiger partial charge in [-0.05, 0) is 43.8 Å². The molecule has 1 aromatic rings. The zero-order valence-corrected chi connectivity index (χ0v) is 11.5. The van der Waals surface area contributed by atoms with Crippen LogP contribution in [-0.2, 0) is 0 Å². The first-order chi connectivity index (χ1) is 8.85. The second kappa shape index (κ2) is 6.91. The molecular weight excluding hydrogens is 220 g/mol. The third kappa shape index (κ3) is 3.33. The van der Waals surface area contributed by atoms with Gasteiger partial charge >= 0.3 is 0 Å². The van der Waals surface area contributed by atoms with Crippen molar-refractivity contribution >= 4 is 0 Å². The highest BCUT2D eigenvalue weighted by atomic mass is 15.2. The van der Waals surface area contributed by atoms with Crippen LogP contribution in [-0.4, -0.2) is 24.5 Å². The Kier molecular flexibility index (Phi) is 5.21. The first kappa shape index (κ1) is 13.6. The maximum atomic E-state index is 5.80. The molecule has 100 valence electrons. The molecule has 0 aromatic heterocycles. The van der Waals surface area contributed by atoms with E-state index in [1.807, 2.05) is 0 Å². The van der Waals surface area contributed by atoms with Crippen molar-refractivity contribution in [1.82, 2.24) is 4.90 Å². The highest BCUT2D eigenvalue weighted by molar-refractivity contribution is 5.19. The lowest BCUT2D eigenvalue weighted by Gasteiger charge is -2.28. The van der Waals surface area contributed by atoms with Crippen LogP contribution in [0.25, 0.3) is 0 Å². The highest BCUT2D eigenvalue weighted by Crippen LogP contribution is 2.31. The summed E-state index contributed by atoms with van der Waals surface area (Å²) >= 11 is 0. The Labute approximate surface area is 111 Å². The van der Waals surface area contributed by atoms with Gasteiger partial charge in [0, 0.05) is 12.6 Å². The van der Waals surface area contributed by atoms with E-state index in [0.717, 1.165) is 18.9 Å². The van der Waals surface area contributed by atoms with Crippen LogP contribution in [0, 0.1) is 5.92 Å². The average molecular weight is 246 g/mol. The van der Waals surface area contributed by atoms with Crippen LogP contribution in [0.15, 0.2) is 30.3 Å². The Morgan fingerprint density at radius 2 is 2.11 bits per heavy atom. The summed E-state index contributed by atoms with van der Waals surface area (Å²) in [6, 6.07) is 11.4. The fourth-order valence-corrected chi connectivity index (χ4v) is 3.18. The normalized spacial score (nSPS) is 22.2. The monoisotopic (exact) mass is 246 g/mol.